The summed E-state index contributed by atoms with van der Waals surface area (Å²) >= 11 is 1.68. The lowest BCUT2D eigenvalue weighted by Gasteiger charge is -2.26. The third-order valence-corrected chi connectivity index (χ3v) is 3.54. The Morgan fingerprint density at radius 3 is 1.80 bits per heavy atom. The maximum Gasteiger partial charge on any atom is 0.0832 e. The Labute approximate surface area is 92.1 Å². The van der Waals surface area contributed by atoms with Crippen LogP contribution in [0, 0.1) is 0 Å². The average Bonchev–Trinajstić information content (AvgIpc) is 2.30. The van der Waals surface area contributed by atoms with Crippen LogP contribution in [0.5, 0.6) is 0 Å². The molecule has 2 aromatic carbocycles. The summed E-state index contributed by atoms with van der Waals surface area (Å²) in [5, 5.41) is 11.3. The topological polar surface area (TPSA) is 23.5 Å². The van der Waals surface area contributed by atoms with E-state index in [1.807, 2.05) is 48.5 Å². The molecule has 0 radical (unpaired) electrons. The summed E-state index contributed by atoms with van der Waals surface area (Å²) in [6.07, 6.45) is 0. The van der Waals surface area contributed by atoms with Gasteiger partial charge in [0.1, 0.15) is 0 Å². The van der Waals surface area contributed by atoms with Gasteiger partial charge in [0.25, 0.3) is 0 Å². The van der Waals surface area contributed by atoms with E-state index < -0.39 is 0 Å². The lowest BCUT2D eigenvalue weighted by molar-refractivity contribution is 0.296. The molecule has 1 N–H and O–H groups in total. The van der Waals surface area contributed by atoms with Crippen LogP contribution in [0.25, 0.3) is 0 Å². The van der Waals surface area contributed by atoms with Crippen molar-refractivity contribution in [2.75, 3.05) is 5.06 Å². The highest BCUT2D eigenvalue weighted by atomic mass is 32.2. The van der Waals surface area contributed by atoms with Crippen molar-refractivity contribution in [1.82, 2.24) is 0 Å². The smallest absolute Gasteiger partial charge is 0.0832 e. The predicted molar refractivity (Wildman–Crippen MR) is 60.9 cm³/mol. The summed E-state index contributed by atoms with van der Waals surface area (Å²) in [6.45, 7) is 0. The van der Waals surface area contributed by atoms with Gasteiger partial charge in [0.05, 0.1) is 11.4 Å². The molecule has 0 atom stereocenters. The van der Waals surface area contributed by atoms with Gasteiger partial charge in [-0.05, 0) is 24.3 Å². The van der Waals surface area contributed by atoms with Gasteiger partial charge in [-0.3, -0.25) is 5.21 Å². The molecule has 0 spiro atoms. The Hall–Kier alpha value is -1.45. The van der Waals surface area contributed by atoms with E-state index in [9.17, 15) is 5.21 Å². The van der Waals surface area contributed by atoms with Crippen molar-refractivity contribution in [3.63, 3.8) is 0 Å². The maximum absolute atomic E-state index is 10.0. The van der Waals surface area contributed by atoms with Crippen molar-refractivity contribution in [3.8, 4) is 0 Å². The number of fused-ring (bicyclic) bond motifs is 2. The first-order valence-corrected chi connectivity index (χ1v) is 5.53. The van der Waals surface area contributed by atoms with Gasteiger partial charge in [0, 0.05) is 9.79 Å². The van der Waals surface area contributed by atoms with E-state index in [0.717, 1.165) is 21.2 Å². The molecular weight excluding hydrogens is 206 g/mol. The molecule has 0 unspecified atom stereocenters. The zero-order valence-electron chi connectivity index (χ0n) is 7.92. The van der Waals surface area contributed by atoms with E-state index in [2.05, 4.69) is 0 Å². The van der Waals surface area contributed by atoms with Gasteiger partial charge in [-0.25, -0.2) is 5.06 Å². The number of benzene rings is 2. The number of para-hydroxylation sites is 2. The van der Waals surface area contributed by atoms with Crippen LogP contribution < -0.4 is 5.06 Å². The summed E-state index contributed by atoms with van der Waals surface area (Å²) in [6, 6.07) is 15.7. The lowest BCUT2D eigenvalue weighted by Crippen LogP contribution is -2.14. The van der Waals surface area contributed by atoms with Gasteiger partial charge >= 0.3 is 0 Å². The summed E-state index contributed by atoms with van der Waals surface area (Å²) in [7, 11) is 0. The first-order chi connectivity index (χ1) is 7.36. The molecule has 1 heterocycles. The lowest BCUT2D eigenvalue weighted by atomic mass is 10.2. The Morgan fingerprint density at radius 2 is 1.27 bits per heavy atom. The summed E-state index contributed by atoms with van der Waals surface area (Å²) < 4.78 is 0. The minimum Gasteiger partial charge on any atom is -0.283 e. The van der Waals surface area contributed by atoms with Crippen molar-refractivity contribution in [2.45, 2.75) is 9.79 Å². The Morgan fingerprint density at radius 1 is 0.800 bits per heavy atom. The molecule has 15 heavy (non-hydrogen) atoms. The highest BCUT2D eigenvalue weighted by Gasteiger charge is 2.20. The van der Waals surface area contributed by atoms with Gasteiger partial charge in [0.15, 0.2) is 0 Å². The first-order valence-electron chi connectivity index (χ1n) is 4.71. The van der Waals surface area contributed by atoms with Crippen LogP contribution in [0.3, 0.4) is 0 Å². The quantitative estimate of drug-likeness (QED) is 0.725. The molecular formula is C12H9NOS. The second-order valence-corrected chi connectivity index (χ2v) is 4.43. The highest BCUT2D eigenvalue weighted by Crippen LogP contribution is 2.46. The van der Waals surface area contributed by atoms with Gasteiger partial charge in [-0.2, -0.15) is 0 Å². The third kappa shape index (κ3) is 1.32. The zero-order valence-corrected chi connectivity index (χ0v) is 8.74. The fraction of sp³-hybridized carbons (Fsp3) is 0. The molecule has 2 aromatic rings. The summed E-state index contributed by atoms with van der Waals surface area (Å²) in [5.74, 6) is 0. The largest absolute Gasteiger partial charge is 0.283 e. The standard InChI is InChI=1S/C12H9NOS/c14-13-9-5-1-3-7-11(9)15-12-8-4-2-6-10(12)13/h1-8,14H. The van der Waals surface area contributed by atoms with Crippen LogP contribution >= 0.6 is 11.8 Å². The highest BCUT2D eigenvalue weighted by molar-refractivity contribution is 7.99. The maximum atomic E-state index is 10.0. The van der Waals surface area contributed by atoms with Crippen LogP contribution in [-0.4, -0.2) is 5.21 Å². The Balaban J connectivity index is 2.20. The summed E-state index contributed by atoms with van der Waals surface area (Å²) in [5.41, 5.74) is 1.70. The van der Waals surface area contributed by atoms with E-state index in [-0.39, 0.29) is 0 Å². The van der Waals surface area contributed by atoms with E-state index in [0.29, 0.717) is 0 Å². The fourth-order valence-corrected chi connectivity index (χ4v) is 2.73. The monoisotopic (exact) mass is 215 g/mol. The molecule has 0 aliphatic carbocycles. The zero-order chi connectivity index (χ0) is 10.3. The number of hydrogen-bond acceptors (Lipinski definition) is 3. The Kier molecular flexibility index (Phi) is 1.94. The van der Waals surface area contributed by atoms with Crippen LogP contribution in [-0.2, 0) is 0 Å². The number of rotatable bonds is 0. The molecule has 0 fully saturated rings. The van der Waals surface area contributed by atoms with E-state index in [4.69, 9.17) is 0 Å². The normalized spacial score (nSPS) is 13.3. The minimum absolute atomic E-state index is 0.848. The van der Waals surface area contributed by atoms with Crippen molar-refractivity contribution in [3.05, 3.63) is 48.5 Å². The SMILES string of the molecule is ON1c2ccccc2Sc2ccccc21. The molecule has 0 saturated carbocycles. The molecule has 74 valence electrons. The second kappa shape index (κ2) is 3.29. The molecule has 1 aliphatic heterocycles. The predicted octanol–water partition coefficient (Wildman–Crippen LogP) is 3.68. The van der Waals surface area contributed by atoms with Crippen molar-refractivity contribution >= 4 is 23.1 Å². The van der Waals surface area contributed by atoms with Crippen LogP contribution in [0.2, 0.25) is 0 Å². The van der Waals surface area contributed by atoms with Crippen molar-refractivity contribution in [2.24, 2.45) is 0 Å². The molecule has 3 heteroatoms. The van der Waals surface area contributed by atoms with Gasteiger partial charge in [-0.1, -0.05) is 36.0 Å². The number of hydrogen-bond donors (Lipinski definition) is 1. The second-order valence-electron chi connectivity index (χ2n) is 3.35. The molecule has 0 bridgehead atoms. The van der Waals surface area contributed by atoms with Crippen LogP contribution in [0.15, 0.2) is 58.3 Å². The molecule has 0 aromatic heterocycles. The molecule has 2 nitrogen and oxygen atoms in total. The van der Waals surface area contributed by atoms with Gasteiger partial charge in [0.2, 0.25) is 0 Å². The average molecular weight is 215 g/mol. The summed E-state index contributed by atoms with van der Waals surface area (Å²) in [4.78, 5) is 2.16. The van der Waals surface area contributed by atoms with Crippen LogP contribution in [0.1, 0.15) is 0 Å². The van der Waals surface area contributed by atoms with E-state index >= 15 is 0 Å². The number of anilines is 2. The first kappa shape index (κ1) is 8.83. The minimum atomic E-state index is 0.848. The molecule has 3 rings (SSSR count). The number of nitrogens with zero attached hydrogens (tertiary/aromatic N) is 1. The van der Waals surface area contributed by atoms with E-state index in [1.165, 1.54) is 5.06 Å². The molecule has 1 aliphatic rings. The van der Waals surface area contributed by atoms with Gasteiger partial charge in [-0.15, -0.1) is 0 Å². The molecule has 0 saturated heterocycles. The third-order valence-electron chi connectivity index (χ3n) is 2.41. The van der Waals surface area contributed by atoms with Crippen molar-refractivity contribution < 1.29 is 5.21 Å². The molecule has 0 amide bonds. The van der Waals surface area contributed by atoms with Crippen LogP contribution in [0.4, 0.5) is 11.4 Å². The Bertz CT molecular complexity index is 467. The van der Waals surface area contributed by atoms with Gasteiger partial charge < -0.3 is 0 Å². The fourth-order valence-electron chi connectivity index (χ4n) is 1.69. The van der Waals surface area contributed by atoms with E-state index in [1.54, 1.807) is 11.8 Å². The van der Waals surface area contributed by atoms with Crippen molar-refractivity contribution in [1.29, 1.82) is 0 Å².